The van der Waals surface area contributed by atoms with Crippen LogP contribution < -0.4 is 10.6 Å². The molecule has 0 heterocycles. The van der Waals surface area contributed by atoms with Gasteiger partial charge in [0.15, 0.2) is 0 Å². The van der Waals surface area contributed by atoms with Gasteiger partial charge in [-0.2, -0.15) is 0 Å². The van der Waals surface area contributed by atoms with Crippen molar-refractivity contribution in [2.75, 3.05) is 5.32 Å². The van der Waals surface area contributed by atoms with Gasteiger partial charge in [-0.25, -0.2) is 4.79 Å². The smallest absolute Gasteiger partial charge is 0.319 e. The second-order valence-electron chi connectivity index (χ2n) is 6.13. The van der Waals surface area contributed by atoms with E-state index in [0.29, 0.717) is 0 Å². The lowest BCUT2D eigenvalue weighted by molar-refractivity contribution is 0.185. The Bertz CT molecular complexity index is 675. The maximum atomic E-state index is 12.4. The number of amides is 2. The van der Waals surface area contributed by atoms with Crippen LogP contribution in [-0.2, 0) is 5.54 Å². The standard InChI is InChI=1S/C19H22N2O/c1-14-8-6-11-17(15(14)2)20-18(22)21-19(12-7-13-19)16-9-4-3-5-10-16/h3-6,8-11H,7,12-13H2,1-2H3,(H2,20,21,22). The lowest BCUT2D eigenvalue weighted by Gasteiger charge is -2.43. The topological polar surface area (TPSA) is 41.1 Å². The van der Waals surface area contributed by atoms with Crippen LogP contribution in [0.4, 0.5) is 10.5 Å². The minimum atomic E-state index is -0.205. The van der Waals surface area contributed by atoms with E-state index in [1.54, 1.807) is 0 Å². The van der Waals surface area contributed by atoms with Crippen molar-refractivity contribution < 1.29 is 4.79 Å². The van der Waals surface area contributed by atoms with E-state index in [0.717, 1.165) is 30.5 Å². The molecule has 2 aromatic rings. The van der Waals surface area contributed by atoms with Gasteiger partial charge in [0.1, 0.15) is 0 Å². The van der Waals surface area contributed by atoms with Crippen molar-refractivity contribution in [2.24, 2.45) is 0 Å². The van der Waals surface area contributed by atoms with Crippen LogP contribution in [0.3, 0.4) is 0 Å². The fraction of sp³-hybridized carbons (Fsp3) is 0.316. The zero-order valence-electron chi connectivity index (χ0n) is 13.1. The van der Waals surface area contributed by atoms with Crippen molar-refractivity contribution in [3.05, 3.63) is 65.2 Å². The first-order valence-electron chi connectivity index (χ1n) is 7.82. The van der Waals surface area contributed by atoms with Crippen LogP contribution in [-0.4, -0.2) is 6.03 Å². The number of urea groups is 1. The molecule has 3 rings (SSSR count). The number of hydrogen-bond acceptors (Lipinski definition) is 1. The van der Waals surface area contributed by atoms with E-state index < -0.39 is 0 Å². The van der Waals surface area contributed by atoms with Crippen LogP contribution in [0.15, 0.2) is 48.5 Å². The molecule has 0 atom stereocenters. The first kappa shape index (κ1) is 14.6. The SMILES string of the molecule is Cc1cccc(NC(=O)NC2(c3ccccc3)CCC2)c1C. The third-order valence-corrected chi connectivity index (χ3v) is 4.74. The predicted octanol–water partition coefficient (Wildman–Crippen LogP) is 4.50. The van der Waals surface area contributed by atoms with Crippen LogP contribution in [0.5, 0.6) is 0 Å². The van der Waals surface area contributed by atoms with Crippen LogP contribution in [0.1, 0.15) is 36.0 Å². The summed E-state index contributed by atoms with van der Waals surface area (Å²) in [5.41, 5.74) is 4.15. The van der Waals surface area contributed by atoms with Gasteiger partial charge in [0.05, 0.1) is 5.54 Å². The first-order chi connectivity index (χ1) is 10.6. The quantitative estimate of drug-likeness (QED) is 0.859. The van der Waals surface area contributed by atoms with Crippen molar-refractivity contribution in [1.29, 1.82) is 0 Å². The van der Waals surface area contributed by atoms with E-state index in [2.05, 4.69) is 35.8 Å². The summed E-state index contributed by atoms with van der Waals surface area (Å²) in [4.78, 5) is 12.4. The maximum absolute atomic E-state index is 12.4. The maximum Gasteiger partial charge on any atom is 0.319 e. The highest BCUT2D eigenvalue weighted by Crippen LogP contribution is 2.41. The monoisotopic (exact) mass is 294 g/mol. The Morgan fingerprint density at radius 2 is 1.73 bits per heavy atom. The van der Waals surface area contributed by atoms with Gasteiger partial charge in [-0.1, -0.05) is 42.5 Å². The Kier molecular flexibility index (Phi) is 3.88. The predicted molar refractivity (Wildman–Crippen MR) is 90.0 cm³/mol. The number of benzene rings is 2. The van der Waals surface area contributed by atoms with Crippen molar-refractivity contribution in [2.45, 2.75) is 38.6 Å². The van der Waals surface area contributed by atoms with Crippen molar-refractivity contribution in [3.63, 3.8) is 0 Å². The lowest BCUT2D eigenvalue weighted by atomic mass is 9.72. The van der Waals surface area contributed by atoms with Gasteiger partial charge in [-0.3, -0.25) is 0 Å². The second-order valence-corrected chi connectivity index (χ2v) is 6.13. The van der Waals surface area contributed by atoms with E-state index in [1.165, 1.54) is 11.1 Å². The largest absolute Gasteiger partial charge is 0.328 e. The molecule has 22 heavy (non-hydrogen) atoms. The highest BCUT2D eigenvalue weighted by atomic mass is 16.2. The first-order valence-corrected chi connectivity index (χ1v) is 7.82. The Morgan fingerprint density at radius 1 is 1.00 bits per heavy atom. The van der Waals surface area contributed by atoms with Gasteiger partial charge in [-0.15, -0.1) is 0 Å². The molecule has 0 spiro atoms. The fourth-order valence-electron chi connectivity index (χ4n) is 3.03. The van der Waals surface area contributed by atoms with Crippen molar-refractivity contribution >= 4 is 11.7 Å². The molecule has 2 N–H and O–H groups in total. The summed E-state index contributed by atoms with van der Waals surface area (Å²) in [5, 5.41) is 6.19. The second kappa shape index (κ2) is 5.84. The summed E-state index contributed by atoms with van der Waals surface area (Å²) >= 11 is 0. The van der Waals surface area contributed by atoms with Gasteiger partial charge < -0.3 is 10.6 Å². The molecule has 1 aliphatic carbocycles. The van der Waals surface area contributed by atoms with E-state index >= 15 is 0 Å². The zero-order valence-corrected chi connectivity index (χ0v) is 13.1. The normalized spacial score (nSPS) is 15.7. The number of rotatable bonds is 3. The van der Waals surface area contributed by atoms with Gasteiger partial charge in [-0.05, 0) is 55.9 Å². The molecule has 0 unspecified atom stereocenters. The van der Waals surface area contributed by atoms with E-state index in [1.807, 2.05) is 37.3 Å². The van der Waals surface area contributed by atoms with Crippen LogP contribution >= 0.6 is 0 Å². The minimum absolute atomic E-state index is 0.128. The molecule has 1 fully saturated rings. The summed E-state index contributed by atoms with van der Waals surface area (Å²) < 4.78 is 0. The van der Waals surface area contributed by atoms with Crippen molar-refractivity contribution in [1.82, 2.24) is 5.32 Å². The highest BCUT2D eigenvalue weighted by Gasteiger charge is 2.39. The number of carbonyl (C=O) groups excluding carboxylic acids is 1. The van der Waals surface area contributed by atoms with Gasteiger partial charge in [0.2, 0.25) is 0 Å². The molecule has 0 aliphatic heterocycles. The van der Waals surface area contributed by atoms with Gasteiger partial charge in [0, 0.05) is 5.69 Å². The summed E-state index contributed by atoms with van der Waals surface area (Å²) in [7, 11) is 0. The molecule has 3 nitrogen and oxygen atoms in total. The fourth-order valence-corrected chi connectivity index (χ4v) is 3.03. The molecule has 114 valence electrons. The Labute approximate surface area is 131 Å². The molecule has 2 aromatic carbocycles. The molecular formula is C19H22N2O. The summed E-state index contributed by atoms with van der Waals surface area (Å²) in [6.45, 7) is 4.08. The molecule has 3 heteroatoms. The molecular weight excluding hydrogens is 272 g/mol. The number of carbonyl (C=O) groups is 1. The van der Waals surface area contributed by atoms with Gasteiger partial charge in [0.25, 0.3) is 0 Å². The third kappa shape index (κ3) is 2.71. The Balaban J connectivity index is 1.75. The van der Waals surface area contributed by atoms with Crippen LogP contribution in [0, 0.1) is 13.8 Å². The summed E-state index contributed by atoms with van der Waals surface area (Å²) in [6.07, 6.45) is 3.15. The number of hydrogen-bond donors (Lipinski definition) is 2. The summed E-state index contributed by atoms with van der Waals surface area (Å²) in [6, 6.07) is 16.1. The highest BCUT2D eigenvalue weighted by molar-refractivity contribution is 5.91. The third-order valence-electron chi connectivity index (χ3n) is 4.74. The van der Waals surface area contributed by atoms with E-state index in [4.69, 9.17) is 0 Å². The van der Waals surface area contributed by atoms with Crippen LogP contribution in [0.25, 0.3) is 0 Å². The molecule has 0 bridgehead atoms. The average Bonchev–Trinajstić information content (AvgIpc) is 2.49. The molecule has 1 saturated carbocycles. The number of anilines is 1. The van der Waals surface area contributed by atoms with Crippen molar-refractivity contribution in [3.8, 4) is 0 Å². The Hall–Kier alpha value is -2.29. The molecule has 0 radical (unpaired) electrons. The lowest BCUT2D eigenvalue weighted by Crippen LogP contribution is -2.52. The molecule has 0 saturated heterocycles. The number of aryl methyl sites for hydroxylation is 1. The van der Waals surface area contributed by atoms with E-state index in [9.17, 15) is 4.79 Å². The average molecular weight is 294 g/mol. The molecule has 1 aliphatic rings. The molecule has 2 amide bonds. The van der Waals surface area contributed by atoms with Crippen LogP contribution in [0.2, 0.25) is 0 Å². The van der Waals surface area contributed by atoms with Gasteiger partial charge >= 0.3 is 6.03 Å². The minimum Gasteiger partial charge on any atom is -0.328 e. The van der Waals surface area contributed by atoms with E-state index in [-0.39, 0.29) is 11.6 Å². The molecule has 0 aromatic heterocycles. The zero-order chi connectivity index (χ0) is 15.6. The Morgan fingerprint density at radius 3 is 2.36 bits per heavy atom. The summed E-state index contributed by atoms with van der Waals surface area (Å²) in [5.74, 6) is 0. The number of nitrogens with one attached hydrogen (secondary N) is 2.